The summed E-state index contributed by atoms with van der Waals surface area (Å²) in [7, 11) is 1.76. The summed E-state index contributed by atoms with van der Waals surface area (Å²) < 4.78 is 1.62. The van der Waals surface area contributed by atoms with Gasteiger partial charge >= 0.3 is 0 Å². The summed E-state index contributed by atoms with van der Waals surface area (Å²) in [5, 5.41) is 0. The van der Waals surface area contributed by atoms with E-state index in [0.717, 1.165) is 24.1 Å². The highest BCUT2D eigenvalue weighted by Gasteiger charge is 2.23. The highest BCUT2D eigenvalue weighted by Crippen LogP contribution is 2.24. The number of piperazine rings is 1. The lowest BCUT2D eigenvalue weighted by Crippen LogP contribution is -2.49. The van der Waals surface area contributed by atoms with Crippen molar-refractivity contribution in [2.24, 2.45) is 7.05 Å². The number of fused-ring (bicyclic) bond motifs is 1. The van der Waals surface area contributed by atoms with Gasteiger partial charge in [-0.3, -0.25) is 9.59 Å². The number of hydrogen-bond acceptors (Lipinski definition) is 4. The zero-order valence-corrected chi connectivity index (χ0v) is 19.8. The van der Waals surface area contributed by atoms with Crippen LogP contribution in [-0.2, 0) is 7.05 Å². The van der Waals surface area contributed by atoms with Crippen LogP contribution >= 0.6 is 0 Å². The van der Waals surface area contributed by atoms with Crippen LogP contribution in [0.5, 0.6) is 0 Å². The van der Waals surface area contributed by atoms with Gasteiger partial charge in [0.25, 0.3) is 11.5 Å². The molecule has 0 atom stereocenters. The molecule has 1 amide bonds. The topological polar surface area (TPSA) is 58.4 Å². The molecule has 5 rings (SSSR count). The first-order valence-electron chi connectivity index (χ1n) is 11.6. The summed E-state index contributed by atoms with van der Waals surface area (Å²) in [5.41, 5.74) is 6.97. The Hall–Kier alpha value is -3.93. The molecular formula is C28H28N4O2. The Bertz CT molecular complexity index is 1430. The molecule has 2 heterocycles. The maximum Gasteiger partial charge on any atom is 0.277 e. The van der Waals surface area contributed by atoms with Crippen molar-refractivity contribution >= 4 is 22.6 Å². The van der Waals surface area contributed by atoms with Crippen LogP contribution in [0.2, 0.25) is 0 Å². The van der Waals surface area contributed by atoms with Crippen LogP contribution in [0.4, 0.5) is 5.69 Å². The van der Waals surface area contributed by atoms with Gasteiger partial charge in [-0.2, -0.15) is 0 Å². The molecule has 1 aliphatic heterocycles. The Morgan fingerprint density at radius 2 is 1.56 bits per heavy atom. The highest BCUT2D eigenvalue weighted by molar-refractivity contribution is 5.95. The van der Waals surface area contributed by atoms with Crippen molar-refractivity contribution in [3.8, 4) is 11.3 Å². The molecule has 0 radical (unpaired) electrons. The normalized spacial score (nSPS) is 14.0. The van der Waals surface area contributed by atoms with Crippen LogP contribution in [0.15, 0.2) is 71.5 Å². The SMILES string of the molecule is Cc1cccc(N2CCN(C(=O)c3ccc(-c4nc5ccccc5n(C)c4=O)cc3)CC2)c1C. The van der Waals surface area contributed by atoms with E-state index in [1.54, 1.807) is 23.7 Å². The first kappa shape index (κ1) is 21.9. The number of amides is 1. The number of aryl methyl sites for hydroxylation is 2. The molecule has 172 valence electrons. The van der Waals surface area contributed by atoms with Crippen molar-refractivity contribution in [3.05, 3.63) is 93.8 Å². The third-order valence-electron chi connectivity index (χ3n) is 6.87. The minimum absolute atomic E-state index is 0.0199. The summed E-state index contributed by atoms with van der Waals surface area (Å²) in [6.45, 7) is 7.27. The number of nitrogens with zero attached hydrogens (tertiary/aromatic N) is 4. The summed E-state index contributed by atoms with van der Waals surface area (Å²) in [4.78, 5) is 34.8. The zero-order chi connectivity index (χ0) is 23.8. The molecule has 1 aromatic heterocycles. The third kappa shape index (κ3) is 3.85. The van der Waals surface area contributed by atoms with E-state index >= 15 is 0 Å². The van der Waals surface area contributed by atoms with Gasteiger partial charge in [-0.15, -0.1) is 0 Å². The largest absolute Gasteiger partial charge is 0.368 e. The van der Waals surface area contributed by atoms with Crippen molar-refractivity contribution < 1.29 is 4.79 Å². The molecule has 1 fully saturated rings. The fourth-order valence-corrected chi connectivity index (χ4v) is 4.65. The van der Waals surface area contributed by atoms with Gasteiger partial charge in [0.15, 0.2) is 0 Å². The number of anilines is 1. The molecule has 1 saturated heterocycles. The average Bonchev–Trinajstić information content (AvgIpc) is 2.88. The fourth-order valence-electron chi connectivity index (χ4n) is 4.65. The number of benzene rings is 3. The van der Waals surface area contributed by atoms with Crippen LogP contribution in [-0.4, -0.2) is 46.5 Å². The van der Waals surface area contributed by atoms with Gasteiger partial charge in [0.2, 0.25) is 0 Å². The number of rotatable bonds is 3. The van der Waals surface area contributed by atoms with Gasteiger partial charge in [0.05, 0.1) is 11.0 Å². The first-order valence-corrected chi connectivity index (χ1v) is 11.6. The Morgan fingerprint density at radius 3 is 2.29 bits per heavy atom. The Labute approximate surface area is 199 Å². The minimum Gasteiger partial charge on any atom is -0.368 e. The molecule has 0 aliphatic carbocycles. The van der Waals surface area contributed by atoms with Crippen LogP contribution in [0.1, 0.15) is 21.5 Å². The number of aromatic nitrogens is 2. The lowest BCUT2D eigenvalue weighted by Gasteiger charge is -2.37. The molecule has 0 bridgehead atoms. The molecule has 6 nitrogen and oxygen atoms in total. The number of carbonyl (C=O) groups excluding carboxylic acids is 1. The predicted octanol–water partition coefficient (Wildman–Crippen LogP) is 4.18. The summed E-state index contributed by atoms with van der Waals surface area (Å²) >= 11 is 0. The molecule has 0 N–H and O–H groups in total. The quantitative estimate of drug-likeness (QED) is 0.468. The standard InChI is InChI=1S/C28H28N4O2/c1-19-7-6-10-24(20(19)2)31-15-17-32(18-16-31)27(33)22-13-11-21(12-14-22)26-28(34)30(3)25-9-5-4-8-23(25)29-26/h4-14H,15-18H2,1-3H3. The van der Waals surface area contributed by atoms with E-state index in [1.165, 1.54) is 16.8 Å². The van der Waals surface area contributed by atoms with Gasteiger partial charge in [-0.1, -0.05) is 36.4 Å². The van der Waals surface area contributed by atoms with E-state index in [4.69, 9.17) is 0 Å². The van der Waals surface area contributed by atoms with Crippen molar-refractivity contribution in [2.45, 2.75) is 13.8 Å². The van der Waals surface area contributed by atoms with Gasteiger partial charge in [0, 0.05) is 50.0 Å². The summed E-state index contributed by atoms with van der Waals surface area (Å²) in [6, 6.07) is 21.2. The van der Waals surface area contributed by atoms with Crippen molar-refractivity contribution in [1.29, 1.82) is 0 Å². The van der Waals surface area contributed by atoms with Crippen LogP contribution < -0.4 is 10.5 Å². The second-order valence-corrected chi connectivity index (χ2v) is 8.89. The van der Waals surface area contributed by atoms with E-state index in [2.05, 4.69) is 41.9 Å². The molecular weight excluding hydrogens is 424 g/mol. The van der Waals surface area contributed by atoms with E-state index in [9.17, 15) is 9.59 Å². The highest BCUT2D eigenvalue weighted by atomic mass is 16.2. The van der Waals surface area contributed by atoms with Crippen LogP contribution in [0.3, 0.4) is 0 Å². The van der Waals surface area contributed by atoms with Crippen LogP contribution in [0.25, 0.3) is 22.3 Å². The molecule has 6 heteroatoms. The van der Waals surface area contributed by atoms with E-state index in [-0.39, 0.29) is 11.5 Å². The molecule has 1 aliphatic rings. The monoisotopic (exact) mass is 452 g/mol. The zero-order valence-electron chi connectivity index (χ0n) is 19.8. The lowest BCUT2D eigenvalue weighted by atomic mass is 10.1. The van der Waals surface area contributed by atoms with E-state index in [1.807, 2.05) is 41.3 Å². The van der Waals surface area contributed by atoms with Gasteiger partial charge < -0.3 is 14.4 Å². The smallest absolute Gasteiger partial charge is 0.277 e. The minimum atomic E-state index is -0.152. The van der Waals surface area contributed by atoms with Gasteiger partial charge in [-0.05, 0) is 55.3 Å². The second kappa shape index (κ2) is 8.78. The Morgan fingerprint density at radius 1 is 0.853 bits per heavy atom. The molecule has 4 aromatic rings. The Kier molecular flexibility index (Phi) is 5.65. The molecule has 0 unspecified atom stereocenters. The van der Waals surface area contributed by atoms with Crippen LogP contribution in [0, 0.1) is 13.8 Å². The molecule has 34 heavy (non-hydrogen) atoms. The van der Waals surface area contributed by atoms with Crippen molar-refractivity contribution in [1.82, 2.24) is 14.5 Å². The fraction of sp³-hybridized carbons (Fsp3) is 0.250. The third-order valence-corrected chi connectivity index (χ3v) is 6.87. The number of hydrogen-bond donors (Lipinski definition) is 0. The molecule has 0 spiro atoms. The average molecular weight is 453 g/mol. The maximum absolute atomic E-state index is 13.1. The maximum atomic E-state index is 13.1. The Balaban J connectivity index is 1.32. The van der Waals surface area contributed by atoms with Gasteiger partial charge in [-0.25, -0.2) is 4.98 Å². The number of para-hydroxylation sites is 2. The predicted molar refractivity (Wildman–Crippen MR) is 136 cm³/mol. The summed E-state index contributed by atoms with van der Waals surface area (Å²) in [5.74, 6) is 0.0199. The van der Waals surface area contributed by atoms with E-state index < -0.39 is 0 Å². The van der Waals surface area contributed by atoms with Crippen molar-refractivity contribution in [3.63, 3.8) is 0 Å². The molecule has 0 saturated carbocycles. The van der Waals surface area contributed by atoms with Crippen molar-refractivity contribution in [2.75, 3.05) is 31.1 Å². The summed E-state index contributed by atoms with van der Waals surface area (Å²) in [6.07, 6.45) is 0. The second-order valence-electron chi connectivity index (χ2n) is 8.89. The van der Waals surface area contributed by atoms with Gasteiger partial charge in [0.1, 0.15) is 5.69 Å². The molecule has 3 aromatic carbocycles. The first-order chi connectivity index (χ1) is 16.4. The van der Waals surface area contributed by atoms with E-state index in [0.29, 0.717) is 29.9 Å². The lowest BCUT2D eigenvalue weighted by molar-refractivity contribution is 0.0747. The number of carbonyl (C=O) groups is 1.